The molecule has 9 heteroatoms. The normalized spacial score (nSPS) is 11.0. The van der Waals surface area contributed by atoms with Gasteiger partial charge in [0.25, 0.3) is 0 Å². The Morgan fingerprint density at radius 1 is 1.33 bits per heavy atom. The topological polar surface area (TPSA) is 139 Å². The van der Waals surface area contributed by atoms with Crippen molar-refractivity contribution in [3.63, 3.8) is 0 Å². The van der Waals surface area contributed by atoms with Crippen LogP contribution in [0.5, 0.6) is 5.75 Å². The van der Waals surface area contributed by atoms with Gasteiger partial charge in [-0.25, -0.2) is 9.59 Å². The molecule has 24 heavy (non-hydrogen) atoms. The standard InChI is InChI=1S/C13H20N2O3.C2H2O4/c1-4-11(3)14-7-8-18-13-6-5-10(2)9-12(13)15(16)17;3-1(4)2(5)6/h5-6,9,11,14H,4,7-8H2,1-3H3;(H,3,4)(H,5,6). The number of carbonyl (C=O) groups is 2. The first kappa shape index (κ1) is 21.3. The molecule has 1 aromatic rings. The molecule has 1 atom stereocenters. The van der Waals surface area contributed by atoms with Gasteiger partial charge in [0.1, 0.15) is 6.61 Å². The van der Waals surface area contributed by atoms with E-state index in [2.05, 4.69) is 19.2 Å². The predicted molar refractivity (Wildman–Crippen MR) is 86.4 cm³/mol. The number of carboxylic acid groups (broad SMARTS) is 2. The molecule has 0 fully saturated rings. The summed E-state index contributed by atoms with van der Waals surface area (Å²) in [5, 5.41) is 28.9. The van der Waals surface area contributed by atoms with Crippen LogP contribution in [0.3, 0.4) is 0 Å². The zero-order chi connectivity index (χ0) is 18.7. The number of hydrogen-bond donors (Lipinski definition) is 3. The summed E-state index contributed by atoms with van der Waals surface area (Å²) < 4.78 is 5.44. The first-order chi connectivity index (χ1) is 11.2. The second kappa shape index (κ2) is 10.9. The van der Waals surface area contributed by atoms with Crippen LogP contribution in [0.4, 0.5) is 5.69 Å². The molecule has 1 aromatic carbocycles. The van der Waals surface area contributed by atoms with Gasteiger partial charge in [0, 0.05) is 18.7 Å². The number of carboxylic acids is 2. The Hall–Kier alpha value is -2.68. The monoisotopic (exact) mass is 342 g/mol. The summed E-state index contributed by atoms with van der Waals surface area (Å²) in [6, 6.07) is 5.42. The first-order valence-electron chi connectivity index (χ1n) is 7.26. The molecule has 1 unspecified atom stereocenters. The van der Waals surface area contributed by atoms with Crippen molar-refractivity contribution in [1.29, 1.82) is 0 Å². The van der Waals surface area contributed by atoms with Crippen molar-refractivity contribution in [2.45, 2.75) is 33.2 Å². The van der Waals surface area contributed by atoms with Gasteiger partial charge >= 0.3 is 17.6 Å². The number of nitro benzene ring substituents is 1. The third kappa shape index (κ3) is 8.69. The molecule has 0 heterocycles. The fourth-order valence-electron chi connectivity index (χ4n) is 1.50. The maximum atomic E-state index is 10.9. The Balaban J connectivity index is 0.000000754. The lowest BCUT2D eigenvalue weighted by molar-refractivity contribution is -0.385. The third-order valence-corrected chi connectivity index (χ3v) is 2.96. The first-order valence-corrected chi connectivity index (χ1v) is 7.26. The Morgan fingerprint density at radius 2 is 1.92 bits per heavy atom. The fourth-order valence-corrected chi connectivity index (χ4v) is 1.50. The van der Waals surface area contributed by atoms with E-state index in [1.807, 2.05) is 13.0 Å². The smallest absolute Gasteiger partial charge is 0.414 e. The summed E-state index contributed by atoms with van der Waals surface area (Å²) >= 11 is 0. The molecule has 0 aliphatic rings. The van der Waals surface area contributed by atoms with E-state index < -0.39 is 16.9 Å². The van der Waals surface area contributed by atoms with Crippen molar-refractivity contribution in [1.82, 2.24) is 5.32 Å². The van der Waals surface area contributed by atoms with Crippen molar-refractivity contribution >= 4 is 17.6 Å². The fraction of sp³-hybridized carbons (Fsp3) is 0.467. The Morgan fingerprint density at radius 3 is 2.38 bits per heavy atom. The lowest BCUT2D eigenvalue weighted by atomic mass is 10.2. The molecular weight excluding hydrogens is 320 g/mol. The lowest BCUT2D eigenvalue weighted by Gasteiger charge is -2.12. The summed E-state index contributed by atoms with van der Waals surface area (Å²) in [6.07, 6.45) is 1.05. The molecule has 0 radical (unpaired) electrons. The van der Waals surface area contributed by atoms with Crippen LogP contribution in [-0.4, -0.2) is 46.3 Å². The highest BCUT2D eigenvalue weighted by Gasteiger charge is 2.14. The number of aliphatic carboxylic acids is 2. The molecule has 0 aromatic heterocycles. The Bertz CT molecular complexity index is 563. The van der Waals surface area contributed by atoms with E-state index in [9.17, 15) is 10.1 Å². The van der Waals surface area contributed by atoms with E-state index in [0.29, 0.717) is 24.9 Å². The van der Waals surface area contributed by atoms with E-state index >= 15 is 0 Å². The van der Waals surface area contributed by atoms with E-state index in [0.717, 1.165) is 12.0 Å². The van der Waals surface area contributed by atoms with E-state index in [4.69, 9.17) is 24.5 Å². The summed E-state index contributed by atoms with van der Waals surface area (Å²) in [5.41, 5.74) is 0.880. The highest BCUT2D eigenvalue weighted by molar-refractivity contribution is 6.27. The van der Waals surface area contributed by atoms with Gasteiger partial charge in [0.05, 0.1) is 4.92 Å². The number of aryl methyl sites for hydroxylation is 1. The molecule has 0 spiro atoms. The van der Waals surface area contributed by atoms with Gasteiger partial charge in [-0.05, 0) is 31.9 Å². The van der Waals surface area contributed by atoms with Crippen LogP contribution in [0.15, 0.2) is 18.2 Å². The second-order valence-electron chi connectivity index (χ2n) is 4.95. The molecule has 3 N–H and O–H groups in total. The number of hydrogen-bond acceptors (Lipinski definition) is 6. The maximum absolute atomic E-state index is 10.9. The number of nitrogens with one attached hydrogen (secondary N) is 1. The SMILES string of the molecule is CCC(C)NCCOc1ccc(C)cc1[N+](=O)[O-].O=C(O)C(=O)O. The van der Waals surface area contributed by atoms with E-state index in [1.165, 1.54) is 6.07 Å². The molecule has 0 saturated carbocycles. The van der Waals surface area contributed by atoms with E-state index in [-0.39, 0.29) is 5.69 Å². The molecule has 134 valence electrons. The van der Waals surface area contributed by atoms with Crippen molar-refractivity contribution in [2.75, 3.05) is 13.2 Å². The molecule has 0 saturated heterocycles. The molecular formula is C15H22N2O7. The molecule has 9 nitrogen and oxygen atoms in total. The molecule has 0 aliphatic carbocycles. The lowest BCUT2D eigenvalue weighted by Crippen LogP contribution is -2.29. The van der Waals surface area contributed by atoms with Crippen LogP contribution in [0.2, 0.25) is 0 Å². The van der Waals surface area contributed by atoms with Crippen molar-refractivity contribution in [3.8, 4) is 5.75 Å². The zero-order valence-electron chi connectivity index (χ0n) is 13.8. The van der Waals surface area contributed by atoms with Gasteiger partial charge in [0.15, 0.2) is 5.75 Å². The highest BCUT2D eigenvalue weighted by atomic mass is 16.6. The van der Waals surface area contributed by atoms with E-state index in [1.54, 1.807) is 6.07 Å². The van der Waals surface area contributed by atoms with Gasteiger partial charge in [-0.15, -0.1) is 0 Å². The van der Waals surface area contributed by atoms with Crippen LogP contribution >= 0.6 is 0 Å². The molecule has 0 amide bonds. The molecule has 0 aliphatic heterocycles. The molecule has 1 rings (SSSR count). The van der Waals surface area contributed by atoms with Crippen LogP contribution in [0.1, 0.15) is 25.8 Å². The quantitative estimate of drug-likeness (QED) is 0.295. The van der Waals surface area contributed by atoms with Crippen molar-refractivity contribution < 1.29 is 29.5 Å². The Labute approximate surface area is 139 Å². The van der Waals surface area contributed by atoms with Gasteiger partial charge in [0.2, 0.25) is 0 Å². The van der Waals surface area contributed by atoms with Crippen LogP contribution in [0.25, 0.3) is 0 Å². The minimum Gasteiger partial charge on any atom is -0.485 e. The summed E-state index contributed by atoms with van der Waals surface area (Å²) in [5.74, 6) is -3.32. The van der Waals surface area contributed by atoms with Gasteiger partial charge in [-0.2, -0.15) is 0 Å². The maximum Gasteiger partial charge on any atom is 0.414 e. The van der Waals surface area contributed by atoms with Gasteiger partial charge in [-0.1, -0.05) is 13.0 Å². The number of rotatable bonds is 7. The average Bonchev–Trinajstić information content (AvgIpc) is 2.52. The minimum atomic E-state index is -1.82. The summed E-state index contributed by atoms with van der Waals surface area (Å²) in [4.78, 5) is 28.7. The Kier molecular flexibility index (Phi) is 9.73. The number of ether oxygens (including phenoxy) is 1. The number of benzene rings is 1. The number of nitro groups is 1. The van der Waals surface area contributed by atoms with Crippen LogP contribution < -0.4 is 10.1 Å². The summed E-state index contributed by atoms with van der Waals surface area (Å²) in [7, 11) is 0. The number of nitrogens with zero attached hydrogens (tertiary/aromatic N) is 1. The predicted octanol–water partition coefficient (Wildman–Crippen LogP) is 1.83. The summed E-state index contributed by atoms with van der Waals surface area (Å²) in [6.45, 7) is 7.12. The second-order valence-corrected chi connectivity index (χ2v) is 4.95. The van der Waals surface area contributed by atoms with Gasteiger partial charge in [-0.3, -0.25) is 10.1 Å². The van der Waals surface area contributed by atoms with Crippen molar-refractivity contribution in [3.05, 3.63) is 33.9 Å². The zero-order valence-corrected chi connectivity index (χ0v) is 13.8. The average molecular weight is 342 g/mol. The third-order valence-electron chi connectivity index (χ3n) is 2.96. The largest absolute Gasteiger partial charge is 0.485 e. The van der Waals surface area contributed by atoms with Crippen LogP contribution in [0, 0.1) is 17.0 Å². The molecule has 0 bridgehead atoms. The van der Waals surface area contributed by atoms with Gasteiger partial charge < -0.3 is 20.3 Å². The highest BCUT2D eigenvalue weighted by Crippen LogP contribution is 2.27. The minimum absolute atomic E-state index is 0.0264. The van der Waals surface area contributed by atoms with Crippen molar-refractivity contribution in [2.24, 2.45) is 0 Å². The van der Waals surface area contributed by atoms with Crippen LogP contribution in [-0.2, 0) is 9.59 Å².